The third kappa shape index (κ3) is 5.54. The van der Waals surface area contributed by atoms with Crippen molar-refractivity contribution in [3.63, 3.8) is 0 Å². The standard InChI is InChI=1S/C20H23FN4O4S2/c1-12-6-13(2)10-25(9-12)31(27,28)16-8-17(30-11-16)19(26)24-20(23)29-18(22)14-4-3-5-15(21)7-14/h3-5,7-8,11-13,22H,6,9-10H2,1-2H3,(H2,23,24,26)/p+1/t12-,13+. The number of carbonyl (C=O) groups excluding carboxylic acids is 1. The van der Waals surface area contributed by atoms with Gasteiger partial charge in [-0.15, -0.1) is 11.3 Å². The fourth-order valence-corrected chi connectivity index (χ4v) is 6.33. The molecule has 11 heteroatoms. The Morgan fingerprint density at radius 1 is 1.29 bits per heavy atom. The van der Waals surface area contributed by atoms with Crippen molar-refractivity contribution in [2.45, 2.75) is 25.2 Å². The lowest BCUT2D eigenvalue weighted by Crippen LogP contribution is -2.44. The minimum Gasteiger partial charge on any atom is -0.370 e. The van der Waals surface area contributed by atoms with Crippen LogP contribution >= 0.6 is 11.3 Å². The Hall–Kier alpha value is -2.63. The molecule has 0 unspecified atom stereocenters. The van der Waals surface area contributed by atoms with Crippen LogP contribution in [0.2, 0.25) is 0 Å². The normalized spacial score (nSPS) is 20.4. The number of sulfonamides is 1. The lowest BCUT2D eigenvalue weighted by Gasteiger charge is -2.33. The summed E-state index contributed by atoms with van der Waals surface area (Å²) in [4.78, 5) is 16.1. The fraction of sp³-hybridized carbons (Fsp3) is 0.350. The van der Waals surface area contributed by atoms with Crippen LogP contribution in [-0.2, 0) is 14.8 Å². The first kappa shape index (κ1) is 23.0. The van der Waals surface area contributed by atoms with Gasteiger partial charge in [0.15, 0.2) is 0 Å². The van der Waals surface area contributed by atoms with Crippen LogP contribution in [0.4, 0.5) is 4.39 Å². The molecular formula is C20H24FN4O4S2+. The number of piperidine rings is 1. The molecule has 0 spiro atoms. The van der Waals surface area contributed by atoms with E-state index in [0.717, 1.165) is 23.8 Å². The maximum Gasteiger partial charge on any atom is 0.374 e. The molecule has 2 heterocycles. The second-order valence-corrected chi connectivity index (χ2v) is 10.5. The second kappa shape index (κ2) is 9.25. The Balaban J connectivity index is 1.71. The Kier molecular flexibility index (Phi) is 6.87. The number of thiophene rings is 1. The number of nitrogens with two attached hydrogens (primary N) is 2. The minimum absolute atomic E-state index is 0.0441. The predicted molar refractivity (Wildman–Crippen MR) is 115 cm³/mol. The zero-order valence-electron chi connectivity index (χ0n) is 17.1. The highest BCUT2D eigenvalue weighted by Gasteiger charge is 2.32. The van der Waals surface area contributed by atoms with Crippen LogP contribution in [0.5, 0.6) is 0 Å². The van der Waals surface area contributed by atoms with E-state index in [2.05, 4.69) is 4.99 Å². The van der Waals surface area contributed by atoms with Crippen LogP contribution in [0.15, 0.2) is 45.6 Å². The summed E-state index contributed by atoms with van der Waals surface area (Å²) in [6.45, 7) is 4.93. The highest BCUT2D eigenvalue weighted by molar-refractivity contribution is 7.89. The summed E-state index contributed by atoms with van der Waals surface area (Å²) in [5, 5.41) is 7.13. The summed E-state index contributed by atoms with van der Waals surface area (Å²) >= 11 is 0.948. The first-order valence-corrected chi connectivity index (χ1v) is 11.9. The number of halogens is 1. The lowest BCUT2D eigenvalue weighted by atomic mass is 9.94. The van der Waals surface area contributed by atoms with Gasteiger partial charge in [0.25, 0.3) is 11.9 Å². The quantitative estimate of drug-likeness (QED) is 0.516. The number of rotatable bonds is 4. The van der Waals surface area contributed by atoms with Crippen LogP contribution in [0.3, 0.4) is 0 Å². The number of aliphatic imine (C=N–C) groups is 1. The van der Waals surface area contributed by atoms with Gasteiger partial charge in [-0.1, -0.05) is 19.9 Å². The van der Waals surface area contributed by atoms with Crippen molar-refractivity contribution in [1.29, 1.82) is 0 Å². The Bertz CT molecular complexity index is 1120. The van der Waals surface area contributed by atoms with Crippen molar-refractivity contribution in [3.8, 4) is 0 Å². The largest absolute Gasteiger partial charge is 0.374 e. The van der Waals surface area contributed by atoms with Gasteiger partial charge in [-0.25, -0.2) is 18.2 Å². The maximum absolute atomic E-state index is 13.3. The van der Waals surface area contributed by atoms with Crippen LogP contribution in [0.25, 0.3) is 0 Å². The molecule has 0 bridgehead atoms. The predicted octanol–water partition coefficient (Wildman–Crippen LogP) is 1.23. The van der Waals surface area contributed by atoms with E-state index in [1.54, 1.807) is 0 Å². The number of nitrogens with zero attached hydrogens (tertiary/aromatic N) is 2. The number of hydrogen-bond donors (Lipinski definition) is 2. The van der Waals surface area contributed by atoms with E-state index in [-0.39, 0.29) is 33.1 Å². The average molecular weight is 468 g/mol. The smallest absolute Gasteiger partial charge is 0.370 e. The monoisotopic (exact) mass is 467 g/mol. The molecule has 1 aliphatic rings. The number of amides is 1. The van der Waals surface area contributed by atoms with Gasteiger partial charge in [-0.2, -0.15) is 9.30 Å². The molecule has 4 N–H and O–H groups in total. The van der Waals surface area contributed by atoms with Crippen LogP contribution in [0.1, 0.15) is 35.5 Å². The van der Waals surface area contributed by atoms with Gasteiger partial charge in [-0.3, -0.25) is 4.79 Å². The van der Waals surface area contributed by atoms with E-state index in [0.29, 0.717) is 13.1 Å². The molecule has 2 atom stereocenters. The van der Waals surface area contributed by atoms with E-state index < -0.39 is 27.8 Å². The number of carbonyl (C=O) groups is 1. The van der Waals surface area contributed by atoms with E-state index in [9.17, 15) is 17.6 Å². The molecular weight excluding hydrogens is 443 g/mol. The molecule has 1 amide bonds. The van der Waals surface area contributed by atoms with E-state index in [1.807, 2.05) is 13.8 Å². The number of ether oxygens (including phenoxy) is 1. The molecule has 1 aliphatic heterocycles. The van der Waals surface area contributed by atoms with E-state index >= 15 is 0 Å². The van der Waals surface area contributed by atoms with Gasteiger partial charge in [0, 0.05) is 18.5 Å². The zero-order valence-corrected chi connectivity index (χ0v) is 18.7. The van der Waals surface area contributed by atoms with Gasteiger partial charge < -0.3 is 10.5 Å². The van der Waals surface area contributed by atoms with Gasteiger partial charge in [0.1, 0.15) is 5.82 Å². The molecule has 0 saturated carbocycles. The third-order valence-electron chi connectivity index (χ3n) is 4.79. The summed E-state index contributed by atoms with van der Waals surface area (Å²) in [6.07, 6.45) is 0.975. The average Bonchev–Trinajstić information content (AvgIpc) is 3.18. The van der Waals surface area contributed by atoms with Crippen molar-refractivity contribution in [2.24, 2.45) is 22.6 Å². The Labute approximate surface area is 184 Å². The van der Waals surface area contributed by atoms with Crippen LogP contribution < -0.4 is 11.1 Å². The van der Waals surface area contributed by atoms with Crippen molar-refractivity contribution in [2.75, 3.05) is 13.1 Å². The molecule has 166 valence electrons. The molecule has 8 nitrogen and oxygen atoms in total. The molecule has 1 aromatic heterocycles. The molecule has 3 rings (SSSR count). The highest BCUT2D eigenvalue weighted by Crippen LogP contribution is 2.29. The second-order valence-electron chi connectivity index (χ2n) is 7.65. The minimum atomic E-state index is -3.71. The van der Waals surface area contributed by atoms with E-state index in [4.69, 9.17) is 15.9 Å². The van der Waals surface area contributed by atoms with E-state index in [1.165, 1.54) is 34.0 Å². The van der Waals surface area contributed by atoms with Crippen molar-refractivity contribution >= 4 is 39.2 Å². The summed E-state index contributed by atoms with van der Waals surface area (Å²) in [7, 11) is -3.71. The van der Waals surface area contributed by atoms with Crippen molar-refractivity contribution in [1.82, 2.24) is 4.31 Å². The van der Waals surface area contributed by atoms with Gasteiger partial charge in [-0.05, 0) is 42.5 Å². The zero-order chi connectivity index (χ0) is 22.8. The molecule has 1 saturated heterocycles. The molecule has 0 radical (unpaired) electrons. The van der Waals surface area contributed by atoms with Gasteiger partial charge in [0.2, 0.25) is 10.0 Å². The first-order chi connectivity index (χ1) is 14.6. The lowest BCUT2D eigenvalue weighted by molar-refractivity contribution is -0.130. The summed E-state index contributed by atoms with van der Waals surface area (Å²) < 4.78 is 45.7. The molecule has 1 aromatic carbocycles. The van der Waals surface area contributed by atoms with Crippen molar-refractivity contribution in [3.05, 3.63) is 52.0 Å². The Morgan fingerprint density at radius 3 is 2.61 bits per heavy atom. The molecule has 2 aromatic rings. The van der Waals surface area contributed by atoms with Crippen LogP contribution in [-0.4, -0.2) is 43.6 Å². The highest BCUT2D eigenvalue weighted by atomic mass is 32.2. The summed E-state index contributed by atoms with van der Waals surface area (Å²) in [6, 6.07) is 6.07. The number of benzene rings is 1. The molecule has 0 aliphatic carbocycles. The summed E-state index contributed by atoms with van der Waals surface area (Å²) in [5.41, 5.74) is 5.86. The van der Waals surface area contributed by atoms with Gasteiger partial charge >= 0.3 is 5.90 Å². The number of hydrogen-bond acceptors (Lipinski definition) is 5. The third-order valence-corrected chi connectivity index (χ3v) is 7.67. The molecule has 1 fully saturated rings. The number of amidine groups is 1. The Morgan fingerprint density at radius 2 is 1.97 bits per heavy atom. The molecule has 31 heavy (non-hydrogen) atoms. The topological polar surface area (TPSA) is 128 Å². The van der Waals surface area contributed by atoms with Crippen molar-refractivity contribution < 1.29 is 27.7 Å². The summed E-state index contributed by atoms with van der Waals surface area (Å²) in [5.74, 6) is -0.979. The first-order valence-electron chi connectivity index (χ1n) is 9.59. The fourth-order valence-electron chi connectivity index (χ4n) is 3.51. The van der Waals surface area contributed by atoms with Gasteiger partial charge in [0.05, 0.1) is 15.3 Å². The maximum atomic E-state index is 13.3. The SMILES string of the molecule is C[C@@H]1C[C@H](C)CN(S(=O)(=O)c2csc(C(=O)N=C(N)OC(=[NH2+])c3cccc(F)c3)c2)C1. The van der Waals surface area contributed by atoms with Crippen LogP contribution in [0, 0.1) is 17.7 Å².